The first-order chi connectivity index (χ1) is 13.6. The van der Waals surface area contributed by atoms with Crippen molar-refractivity contribution in [3.05, 3.63) is 29.8 Å². The number of benzene rings is 1. The number of hydrogen-bond donors (Lipinski definition) is 3. The van der Waals surface area contributed by atoms with E-state index in [0.717, 1.165) is 11.3 Å². The van der Waals surface area contributed by atoms with Crippen LogP contribution in [-0.2, 0) is 25.5 Å². The van der Waals surface area contributed by atoms with E-state index < -0.39 is 6.10 Å². The van der Waals surface area contributed by atoms with E-state index in [2.05, 4.69) is 10.6 Å². The SMILES string of the molecule is COCCNC(=O)C[C@@H]1C[C@H]2O[C@H](CNCc3ccccc3OC)[C@@H](O)[C@H]2O1. The van der Waals surface area contributed by atoms with Crippen LogP contribution in [0.1, 0.15) is 18.4 Å². The summed E-state index contributed by atoms with van der Waals surface area (Å²) in [6, 6.07) is 7.81. The van der Waals surface area contributed by atoms with Gasteiger partial charge in [-0.1, -0.05) is 18.2 Å². The molecule has 1 amide bonds. The molecular weight excluding hydrogens is 364 g/mol. The van der Waals surface area contributed by atoms with E-state index in [1.54, 1.807) is 14.2 Å². The molecule has 28 heavy (non-hydrogen) atoms. The Hall–Kier alpha value is -1.71. The highest BCUT2D eigenvalue weighted by molar-refractivity contribution is 5.76. The number of nitrogens with one attached hydrogen (secondary N) is 2. The van der Waals surface area contributed by atoms with Crippen LogP contribution in [0.25, 0.3) is 0 Å². The van der Waals surface area contributed by atoms with Crippen LogP contribution in [0.2, 0.25) is 0 Å². The summed E-state index contributed by atoms with van der Waals surface area (Å²) in [4.78, 5) is 11.9. The van der Waals surface area contributed by atoms with Gasteiger partial charge < -0.3 is 34.7 Å². The van der Waals surface area contributed by atoms with Gasteiger partial charge in [-0.05, 0) is 6.07 Å². The third-order valence-corrected chi connectivity index (χ3v) is 5.17. The van der Waals surface area contributed by atoms with Crippen molar-refractivity contribution in [3.63, 3.8) is 0 Å². The molecule has 156 valence electrons. The van der Waals surface area contributed by atoms with Crippen LogP contribution < -0.4 is 15.4 Å². The molecule has 0 spiro atoms. The highest BCUT2D eigenvalue weighted by atomic mass is 16.6. The molecule has 0 aromatic heterocycles. The number of hydrogen-bond acceptors (Lipinski definition) is 7. The molecule has 8 heteroatoms. The number of aliphatic hydroxyl groups excluding tert-OH is 1. The lowest BCUT2D eigenvalue weighted by atomic mass is 10.1. The molecule has 0 radical (unpaired) electrons. The molecule has 3 N–H and O–H groups in total. The number of ether oxygens (including phenoxy) is 4. The molecule has 1 aromatic rings. The molecule has 2 aliphatic rings. The Bertz CT molecular complexity index is 643. The minimum Gasteiger partial charge on any atom is -0.496 e. The van der Waals surface area contributed by atoms with E-state index in [9.17, 15) is 9.90 Å². The Morgan fingerprint density at radius 2 is 2.11 bits per heavy atom. The minimum absolute atomic E-state index is 0.0773. The van der Waals surface area contributed by atoms with Crippen LogP contribution >= 0.6 is 0 Å². The zero-order valence-corrected chi connectivity index (χ0v) is 16.4. The number of carbonyl (C=O) groups is 1. The molecule has 0 saturated carbocycles. The maximum atomic E-state index is 11.9. The van der Waals surface area contributed by atoms with Crippen LogP contribution in [0, 0.1) is 0 Å². The first-order valence-electron chi connectivity index (χ1n) is 9.69. The lowest BCUT2D eigenvalue weighted by molar-refractivity contribution is -0.124. The molecule has 2 heterocycles. The van der Waals surface area contributed by atoms with Gasteiger partial charge in [-0.3, -0.25) is 4.79 Å². The van der Waals surface area contributed by atoms with Crippen LogP contribution in [0.5, 0.6) is 5.75 Å². The fourth-order valence-corrected chi connectivity index (χ4v) is 3.78. The summed E-state index contributed by atoms with van der Waals surface area (Å²) in [5, 5.41) is 16.6. The van der Waals surface area contributed by atoms with E-state index in [0.29, 0.717) is 32.7 Å². The van der Waals surface area contributed by atoms with Crippen molar-refractivity contribution in [1.82, 2.24) is 10.6 Å². The van der Waals surface area contributed by atoms with Crippen LogP contribution in [0.3, 0.4) is 0 Å². The smallest absolute Gasteiger partial charge is 0.222 e. The normalized spacial score (nSPS) is 28.9. The van der Waals surface area contributed by atoms with Gasteiger partial charge in [0.05, 0.1) is 38.4 Å². The summed E-state index contributed by atoms with van der Waals surface area (Å²) in [5.41, 5.74) is 1.05. The third-order valence-electron chi connectivity index (χ3n) is 5.17. The van der Waals surface area contributed by atoms with Crippen molar-refractivity contribution in [3.8, 4) is 5.75 Å². The standard InChI is InChI=1S/C20H30N2O6/c1-25-8-7-22-18(23)10-14-9-16-20(27-14)19(24)17(28-16)12-21-11-13-5-3-4-6-15(13)26-2/h3-6,14,16-17,19-21,24H,7-12H2,1-2H3,(H,22,23)/t14-,16+,17+,19+,20-/m0/s1. The number of aliphatic hydroxyl groups is 1. The van der Waals surface area contributed by atoms with E-state index in [-0.39, 0.29) is 36.7 Å². The van der Waals surface area contributed by atoms with Gasteiger partial charge in [-0.2, -0.15) is 0 Å². The lowest BCUT2D eigenvalue weighted by Crippen LogP contribution is -2.39. The molecule has 0 unspecified atom stereocenters. The second kappa shape index (κ2) is 10.2. The molecule has 5 atom stereocenters. The van der Waals surface area contributed by atoms with Gasteiger partial charge in [-0.15, -0.1) is 0 Å². The number of methoxy groups -OCH3 is 2. The molecule has 1 aromatic carbocycles. The predicted molar refractivity (Wildman–Crippen MR) is 102 cm³/mol. The van der Waals surface area contributed by atoms with Gasteiger partial charge in [-0.25, -0.2) is 0 Å². The summed E-state index contributed by atoms with van der Waals surface area (Å²) in [6.07, 6.45) is -0.946. The van der Waals surface area contributed by atoms with Crippen molar-refractivity contribution >= 4 is 5.91 Å². The van der Waals surface area contributed by atoms with Gasteiger partial charge in [0.25, 0.3) is 0 Å². The summed E-state index contributed by atoms with van der Waals surface area (Å²) < 4.78 is 22.1. The summed E-state index contributed by atoms with van der Waals surface area (Å²) >= 11 is 0. The zero-order chi connectivity index (χ0) is 19.9. The quantitative estimate of drug-likeness (QED) is 0.489. The summed E-state index contributed by atoms with van der Waals surface area (Å²) in [5.74, 6) is 0.751. The Kier molecular flexibility index (Phi) is 7.64. The average Bonchev–Trinajstić information content (AvgIpc) is 3.21. The fourth-order valence-electron chi connectivity index (χ4n) is 3.78. The molecule has 8 nitrogen and oxygen atoms in total. The van der Waals surface area contributed by atoms with Gasteiger partial charge in [0.1, 0.15) is 18.0 Å². The summed E-state index contributed by atoms with van der Waals surface area (Å²) in [7, 11) is 3.24. The molecule has 2 aliphatic heterocycles. The van der Waals surface area contributed by atoms with Crippen molar-refractivity contribution in [2.45, 2.75) is 49.9 Å². The molecule has 2 fully saturated rings. The predicted octanol–water partition coefficient (Wildman–Crippen LogP) is 0.223. The first-order valence-corrected chi connectivity index (χ1v) is 9.69. The molecular formula is C20H30N2O6. The monoisotopic (exact) mass is 394 g/mol. The summed E-state index contributed by atoms with van der Waals surface area (Å²) in [6.45, 7) is 2.09. The fraction of sp³-hybridized carbons (Fsp3) is 0.650. The maximum absolute atomic E-state index is 11.9. The number of amides is 1. The number of rotatable bonds is 10. The molecule has 2 saturated heterocycles. The lowest BCUT2D eigenvalue weighted by Gasteiger charge is -2.20. The number of carbonyl (C=O) groups excluding carboxylic acids is 1. The Morgan fingerprint density at radius 1 is 1.29 bits per heavy atom. The Balaban J connectivity index is 1.40. The molecule has 0 bridgehead atoms. The molecule has 0 aliphatic carbocycles. The third kappa shape index (κ3) is 5.21. The topological polar surface area (TPSA) is 98.3 Å². The second-order valence-corrected chi connectivity index (χ2v) is 7.15. The van der Waals surface area contributed by atoms with Crippen molar-refractivity contribution in [2.24, 2.45) is 0 Å². The average molecular weight is 394 g/mol. The second-order valence-electron chi connectivity index (χ2n) is 7.15. The van der Waals surface area contributed by atoms with Gasteiger partial charge in [0.15, 0.2) is 0 Å². The van der Waals surface area contributed by atoms with Crippen LogP contribution in [-0.4, -0.2) is 75.4 Å². The largest absolute Gasteiger partial charge is 0.496 e. The van der Waals surface area contributed by atoms with Gasteiger partial charge in [0, 0.05) is 38.7 Å². The van der Waals surface area contributed by atoms with Crippen LogP contribution in [0.4, 0.5) is 0 Å². The van der Waals surface area contributed by atoms with Crippen molar-refractivity contribution < 1.29 is 28.8 Å². The molecule has 3 rings (SSSR count). The van der Waals surface area contributed by atoms with E-state index in [1.807, 2.05) is 24.3 Å². The first kappa shape index (κ1) is 21.0. The van der Waals surface area contributed by atoms with Crippen molar-refractivity contribution in [1.29, 1.82) is 0 Å². The zero-order valence-electron chi connectivity index (χ0n) is 16.4. The van der Waals surface area contributed by atoms with Crippen molar-refractivity contribution in [2.75, 3.05) is 33.9 Å². The Morgan fingerprint density at radius 3 is 2.86 bits per heavy atom. The van der Waals surface area contributed by atoms with E-state index in [4.69, 9.17) is 18.9 Å². The maximum Gasteiger partial charge on any atom is 0.222 e. The van der Waals surface area contributed by atoms with E-state index in [1.165, 1.54) is 0 Å². The number of para-hydroxylation sites is 1. The highest BCUT2D eigenvalue weighted by Gasteiger charge is 2.50. The Labute approximate surface area is 165 Å². The van der Waals surface area contributed by atoms with E-state index >= 15 is 0 Å². The highest BCUT2D eigenvalue weighted by Crippen LogP contribution is 2.35. The van der Waals surface area contributed by atoms with Gasteiger partial charge in [0.2, 0.25) is 5.91 Å². The number of fused-ring (bicyclic) bond motifs is 1. The van der Waals surface area contributed by atoms with Gasteiger partial charge >= 0.3 is 0 Å². The minimum atomic E-state index is -0.711. The van der Waals surface area contributed by atoms with Crippen LogP contribution in [0.15, 0.2) is 24.3 Å².